The summed E-state index contributed by atoms with van der Waals surface area (Å²) in [5.74, 6) is 0.839. The summed E-state index contributed by atoms with van der Waals surface area (Å²) in [5.41, 5.74) is 5.22. The van der Waals surface area contributed by atoms with Gasteiger partial charge in [0.1, 0.15) is 0 Å². The number of allylic oxidation sites excluding steroid dienone is 8. The van der Waals surface area contributed by atoms with E-state index in [1.165, 1.54) is 29.7 Å². The minimum absolute atomic E-state index is 0.532. The Hall–Kier alpha value is -2.73. The van der Waals surface area contributed by atoms with Crippen molar-refractivity contribution in [3.63, 3.8) is 0 Å². The molecule has 0 amide bonds. The van der Waals surface area contributed by atoms with Crippen molar-refractivity contribution in [2.45, 2.75) is 79.5 Å². The average molecular weight is 515 g/mol. The minimum atomic E-state index is 0.532. The van der Waals surface area contributed by atoms with Gasteiger partial charge in [0.25, 0.3) is 0 Å². The lowest BCUT2D eigenvalue weighted by atomic mass is 9.92. The SMILES string of the molecule is C1=CC2CC2(CCc2ccccc2)C=C1.C1=CC=CC=CC=1Sc1ccccc1.CC.CC.CC.CC. The van der Waals surface area contributed by atoms with Gasteiger partial charge in [-0.15, -0.1) is 5.73 Å². The van der Waals surface area contributed by atoms with Gasteiger partial charge in [0, 0.05) is 4.90 Å². The Labute approximate surface area is 233 Å². The predicted molar refractivity (Wildman–Crippen MR) is 171 cm³/mol. The van der Waals surface area contributed by atoms with Crippen LogP contribution >= 0.6 is 11.8 Å². The molecule has 0 aliphatic heterocycles. The number of thioether (sulfide) groups is 1. The zero-order valence-electron chi connectivity index (χ0n) is 24.6. The van der Waals surface area contributed by atoms with Gasteiger partial charge in [0.2, 0.25) is 0 Å². The van der Waals surface area contributed by atoms with Crippen molar-refractivity contribution in [1.82, 2.24) is 0 Å². The van der Waals surface area contributed by atoms with Gasteiger partial charge in [-0.3, -0.25) is 0 Å². The van der Waals surface area contributed by atoms with E-state index >= 15 is 0 Å². The molecule has 200 valence electrons. The highest BCUT2D eigenvalue weighted by atomic mass is 32.2. The maximum atomic E-state index is 3.21. The molecule has 0 radical (unpaired) electrons. The first-order chi connectivity index (χ1) is 18.3. The summed E-state index contributed by atoms with van der Waals surface area (Å²) in [6.07, 6.45) is 23.1. The quantitative estimate of drug-likeness (QED) is 0.357. The number of benzene rings is 2. The van der Waals surface area contributed by atoms with E-state index in [1.807, 2.05) is 97.9 Å². The molecule has 2 unspecified atom stereocenters. The van der Waals surface area contributed by atoms with Gasteiger partial charge in [-0.2, -0.15) is 0 Å². The third-order valence-electron chi connectivity index (χ3n) is 5.55. The Morgan fingerprint density at radius 2 is 1.35 bits per heavy atom. The Balaban J connectivity index is 0.000000554. The molecule has 2 atom stereocenters. The molecule has 0 heterocycles. The zero-order valence-corrected chi connectivity index (χ0v) is 25.4. The Morgan fingerprint density at radius 3 is 1.97 bits per heavy atom. The molecule has 0 N–H and O–H groups in total. The van der Waals surface area contributed by atoms with Gasteiger partial charge in [0.05, 0.1) is 4.91 Å². The molecule has 37 heavy (non-hydrogen) atoms. The molecule has 0 saturated heterocycles. The van der Waals surface area contributed by atoms with Crippen LogP contribution in [0.3, 0.4) is 0 Å². The molecule has 0 bridgehead atoms. The van der Waals surface area contributed by atoms with E-state index in [0.29, 0.717) is 5.41 Å². The molecule has 0 aromatic heterocycles. The normalized spacial score (nSPS) is 18.6. The Morgan fingerprint density at radius 1 is 0.730 bits per heavy atom. The maximum Gasteiger partial charge on any atom is 0.0540 e. The van der Waals surface area contributed by atoms with Crippen molar-refractivity contribution in [2.24, 2.45) is 11.3 Å². The van der Waals surface area contributed by atoms with Gasteiger partial charge >= 0.3 is 0 Å². The highest BCUT2D eigenvalue weighted by Crippen LogP contribution is 2.59. The molecule has 3 aliphatic carbocycles. The number of fused-ring (bicyclic) bond motifs is 1. The van der Waals surface area contributed by atoms with Crippen molar-refractivity contribution in [1.29, 1.82) is 0 Å². The van der Waals surface area contributed by atoms with E-state index in [4.69, 9.17) is 0 Å². The Bertz CT molecular complexity index is 985. The van der Waals surface area contributed by atoms with Crippen LogP contribution in [0.2, 0.25) is 0 Å². The van der Waals surface area contributed by atoms with Crippen molar-refractivity contribution in [3.05, 3.63) is 132 Å². The van der Waals surface area contributed by atoms with Crippen LogP contribution in [0.4, 0.5) is 0 Å². The zero-order chi connectivity index (χ0) is 27.8. The summed E-state index contributed by atoms with van der Waals surface area (Å²) in [6.45, 7) is 16.0. The van der Waals surface area contributed by atoms with E-state index in [1.54, 1.807) is 11.8 Å². The van der Waals surface area contributed by atoms with Crippen molar-refractivity contribution in [3.8, 4) is 0 Å². The van der Waals surface area contributed by atoms with Crippen LogP contribution in [-0.2, 0) is 6.42 Å². The summed E-state index contributed by atoms with van der Waals surface area (Å²) >= 11 is 1.73. The smallest absolute Gasteiger partial charge is 0.0540 e. The fraction of sp³-hybridized carbons (Fsp3) is 0.361. The fourth-order valence-corrected chi connectivity index (χ4v) is 4.58. The third kappa shape index (κ3) is 13.4. The van der Waals surface area contributed by atoms with Gasteiger partial charge in [0.15, 0.2) is 0 Å². The van der Waals surface area contributed by atoms with Crippen LogP contribution in [0.5, 0.6) is 0 Å². The van der Waals surface area contributed by atoms with Crippen molar-refractivity contribution < 1.29 is 0 Å². The molecule has 2 aromatic carbocycles. The highest BCUT2D eigenvalue weighted by Gasteiger charge is 2.50. The number of rotatable bonds is 5. The van der Waals surface area contributed by atoms with E-state index in [-0.39, 0.29) is 0 Å². The lowest BCUT2D eigenvalue weighted by Gasteiger charge is -2.13. The molecular formula is C36H50S. The summed E-state index contributed by atoms with van der Waals surface area (Å²) in [7, 11) is 0. The van der Waals surface area contributed by atoms with Gasteiger partial charge < -0.3 is 0 Å². The molecule has 5 rings (SSSR count). The van der Waals surface area contributed by atoms with Crippen LogP contribution in [-0.4, -0.2) is 0 Å². The molecular weight excluding hydrogens is 464 g/mol. The van der Waals surface area contributed by atoms with Gasteiger partial charge in [-0.05, 0) is 60.4 Å². The summed E-state index contributed by atoms with van der Waals surface area (Å²) in [5, 5.41) is 0. The number of aryl methyl sites for hydroxylation is 1. The second-order valence-corrected chi connectivity index (χ2v) is 8.72. The number of hydrogen-bond donors (Lipinski definition) is 0. The first-order valence-corrected chi connectivity index (χ1v) is 15.1. The second kappa shape index (κ2) is 22.5. The molecule has 3 aliphatic rings. The molecule has 0 nitrogen and oxygen atoms in total. The van der Waals surface area contributed by atoms with E-state index < -0.39 is 0 Å². The molecule has 1 fully saturated rings. The average Bonchev–Trinajstić information content (AvgIpc) is 3.79. The number of hydrogen-bond acceptors (Lipinski definition) is 1. The lowest BCUT2D eigenvalue weighted by molar-refractivity contribution is 0.549. The second-order valence-electron chi connectivity index (χ2n) is 7.61. The van der Waals surface area contributed by atoms with Crippen LogP contribution in [0.25, 0.3) is 0 Å². The maximum absolute atomic E-state index is 3.21. The van der Waals surface area contributed by atoms with Crippen LogP contribution < -0.4 is 0 Å². The predicted octanol–water partition coefficient (Wildman–Crippen LogP) is 11.8. The Kier molecular flexibility index (Phi) is 20.8. The molecule has 0 spiro atoms. The first-order valence-electron chi connectivity index (χ1n) is 14.3. The van der Waals surface area contributed by atoms with E-state index in [2.05, 4.69) is 78.6 Å². The van der Waals surface area contributed by atoms with Crippen LogP contribution in [0, 0.1) is 11.3 Å². The minimum Gasteiger partial charge on any atom is -0.106 e. The molecule has 2 aromatic rings. The molecule has 1 saturated carbocycles. The summed E-state index contributed by atoms with van der Waals surface area (Å²) in [6, 6.07) is 21.1. The summed E-state index contributed by atoms with van der Waals surface area (Å²) in [4.78, 5) is 2.39. The van der Waals surface area contributed by atoms with E-state index in [0.717, 1.165) is 10.8 Å². The van der Waals surface area contributed by atoms with E-state index in [9.17, 15) is 0 Å². The highest BCUT2D eigenvalue weighted by molar-refractivity contribution is 8.03. The first kappa shape index (κ1) is 34.3. The third-order valence-corrected chi connectivity index (χ3v) is 6.53. The fourth-order valence-electron chi connectivity index (χ4n) is 3.76. The largest absolute Gasteiger partial charge is 0.106 e. The lowest BCUT2D eigenvalue weighted by Crippen LogP contribution is -2.03. The van der Waals surface area contributed by atoms with Crippen LogP contribution in [0.1, 0.15) is 73.8 Å². The van der Waals surface area contributed by atoms with Crippen molar-refractivity contribution in [2.75, 3.05) is 0 Å². The van der Waals surface area contributed by atoms with Crippen molar-refractivity contribution >= 4 is 11.8 Å². The topological polar surface area (TPSA) is 0 Å². The monoisotopic (exact) mass is 514 g/mol. The van der Waals surface area contributed by atoms with Crippen LogP contribution in [0.15, 0.2) is 131 Å². The molecule has 1 heteroatoms. The standard InChI is InChI=1S/C15H16.C13H10S.4C2H6/c1-2-6-13(7-3-1)9-11-15-10-5-4-8-14(15)12-15;1-2-5-9-12(8-4-1)14-13-10-6-3-7-11-13;4*1-2/h1-8,10,14H,9,11-12H2;1-8,10-11H;4*1-2H3. The summed E-state index contributed by atoms with van der Waals surface area (Å²) < 4.78 is 0. The van der Waals surface area contributed by atoms with Gasteiger partial charge in [-0.25, -0.2) is 0 Å². The van der Waals surface area contributed by atoms with Gasteiger partial charge in [-0.1, -0.05) is 158 Å².